The highest BCUT2D eigenvalue weighted by molar-refractivity contribution is 5.76. The number of benzene rings is 1. The maximum atomic E-state index is 11.0. The van der Waals surface area contributed by atoms with Crippen molar-refractivity contribution in [1.82, 2.24) is 19.9 Å². The number of aromatic hydroxyl groups is 1. The Morgan fingerprint density at radius 3 is 2.63 bits per heavy atom. The zero-order valence-electron chi connectivity index (χ0n) is 15.2. The SMILES string of the molecule is Cc1nc(CC2CCN(c3cnc4ccccc4n3)CC2)nc(C=O)c1O. The summed E-state index contributed by atoms with van der Waals surface area (Å²) < 4.78 is 0. The van der Waals surface area contributed by atoms with Crippen LogP contribution >= 0.6 is 0 Å². The number of hydrogen-bond acceptors (Lipinski definition) is 7. The molecule has 1 aliphatic rings. The molecular formula is C20H21N5O2. The largest absolute Gasteiger partial charge is 0.504 e. The molecule has 27 heavy (non-hydrogen) atoms. The number of para-hydroxylation sites is 2. The van der Waals surface area contributed by atoms with Gasteiger partial charge in [-0.1, -0.05) is 12.1 Å². The number of fused-ring (bicyclic) bond motifs is 1. The first-order valence-corrected chi connectivity index (χ1v) is 9.12. The number of aryl methyl sites for hydroxylation is 1. The molecule has 2 aromatic heterocycles. The van der Waals surface area contributed by atoms with Gasteiger partial charge in [0.15, 0.2) is 12.0 Å². The molecule has 0 atom stereocenters. The maximum Gasteiger partial charge on any atom is 0.172 e. The van der Waals surface area contributed by atoms with Crippen LogP contribution in [0.3, 0.4) is 0 Å². The quantitative estimate of drug-likeness (QED) is 0.713. The van der Waals surface area contributed by atoms with Gasteiger partial charge >= 0.3 is 0 Å². The summed E-state index contributed by atoms with van der Waals surface area (Å²) in [5.41, 5.74) is 2.33. The van der Waals surface area contributed by atoms with Gasteiger partial charge in [0.2, 0.25) is 0 Å². The van der Waals surface area contributed by atoms with Gasteiger partial charge in [-0.05, 0) is 37.8 Å². The van der Waals surface area contributed by atoms with Gasteiger partial charge in [-0.3, -0.25) is 9.78 Å². The summed E-state index contributed by atoms with van der Waals surface area (Å²) in [5, 5.41) is 9.79. The smallest absolute Gasteiger partial charge is 0.172 e. The standard InChI is InChI=1S/C20H21N5O2/c1-13-20(27)17(12-26)23-18(22-13)10-14-6-8-25(9-7-14)19-11-21-15-4-2-3-5-16(15)24-19/h2-5,11-12,14,27H,6-10H2,1H3. The Morgan fingerprint density at radius 2 is 1.89 bits per heavy atom. The fourth-order valence-corrected chi connectivity index (χ4v) is 3.55. The van der Waals surface area contributed by atoms with E-state index in [-0.39, 0.29) is 11.4 Å². The van der Waals surface area contributed by atoms with E-state index in [2.05, 4.69) is 19.9 Å². The minimum atomic E-state index is -0.126. The van der Waals surface area contributed by atoms with Crippen LogP contribution in [-0.2, 0) is 6.42 Å². The second-order valence-electron chi connectivity index (χ2n) is 6.93. The normalized spacial score (nSPS) is 15.2. The number of nitrogens with zero attached hydrogens (tertiary/aromatic N) is 5. The van der Waals surface area contributed by atoms with Crippen molar-refractivity contribution >= 4 is 23.1 Å². The van der Waals surface area contributed by atoms with Crippen LogP contribution in [0.4, 0.5) is 5.82 Å². The highest BCUT2D eigenvalue weighted by Crippen LogP contribution is 2.26. The molecule has 1 N–H and O–H groups in total. The average Bonchev–Trinajstić information content (AvgIpc) is 2.71. The molecule has 138 valence electrons. The lowest BCUT2D eigenvalue weighted by molar-refractivity contribution is 0.111. The van der Waals surface area contributed by atoms with Crippen LogP contribution in [-0.4, -0.2) is 44.4 Å². The highest BCUT2D eigenvalue weighted by Gasteiger charge is 2.22. The molecule has 1 aromatic carbocycles. The highest BCUT2D eigenvalue weighted by atomic mass is 16.3. The number of aldehydes is 1. The molecule has 0 amide bonds. The molecule has 0 spiro atoms. The second-order valence-corrected chi connectivity index (χ2v) is 6.93. The third-order valence-corrected chi connectivity index (χ3v) is 5.09. The topological polar surface area (TPSA) is 92.1 Å². The molecule has 4 rings (SSSR count). The van der Waals surface area contributed by atoms with E-state index in [1.807, 2.05) is 30.5 Å². The van der Waals surface area contributed by atoms with Gasteiger partial charge in [0.25, 0.3) is 0 Å². The second kappa shape index (κ2) is 7.26. The molecule has 7 nitrogen and oxygen atoms in total. The van der Waals surface area contributed by atoms with Gasteiger partial charge < -0.3 is 10.0 Å². The Hall–Kier alpha value is -3.09. The van der Waals surface area contributed by atoms with Crippen LogP contribution in [0.1, 0.15) is 34.8 Å². The van der Waals surface area contributed by atoms with E-state index in [0.29, 0.717) is 30.1 Å². The monoisotopic (exact) mass is 363 g/mol. The molecule has 3 aromatic rings. The van der Waals surface area contributed by atoms with Gasteiger partial charge in [0.05, 0.1) is 22.9 Å². The van der Waals surface area contributed by atoms with Crippen molar-refractivity contribution in [1.29, 1.82) is 0 Å². The van der Waals surface area contributed by atoms with Crippen molar-refractivity contribution in [2.45, 2.75) is 26.2 Å². The number of hydrogen-bond donors (Lipinski definition) is 1. The van der Waals surface area contributed by atoms with Crippen LogP contribution in [0.25, 0.3) is 11.0 Å². The summed E-state index contributed by atoms with van der Waals surface area (Å²) in [6, 6.07) is 7.88. The molecule has 1 fully saturated rings. The van der Waals surface area contributed by atoms with E-state index in [1.165, 1.54) is 0 Å². The van der Waals surface area contributed by atoms with Crippen molar-refractivity contribution in [2.24, 2.45) is 5.92 Å². The van der Waals surface area contributed by atoms with E-state index < -0.39 is 0 Å². The van der Waals surface area contributed by atoms with E-state index in [1.54, 1.807) is 6.92 Å². The lowest BCUT2D eigenvalue weighted by Crippen LogP contribution is -2.35. The zero-order valence-corrected chi connectivity index (χ0v) is 15.2. The molecule has 3 heterocycles. The average molecular weight is 363 g/mol. The van der Waals surface area contributed by atoms with Crippen LogP contribution in [0.5, 0.6) is 5.75 Å². The van der Waals surface area contributed by atoms with Gasteiger partial charge in [0.1, 0.15) is 17.3 Å². The summed E-state index contributed by atoms with van der Waals surface area (Å²) in [6.07, 6.45) is 5.11. The first-order chi connectivity index (χ1) is 13.1. The summed E-state index contributed by atoms with van der Waals surface area (Å²) in [5.74, 6) is 1.85. The Morgan fingerprint density at radius 1 is 1.15 bits per heavy atom. The Labute approximate surface area is 157 Å². The van der Waals surface area contributed by atoms with Crippen molar-refractivity contribution in [2.75, 3.05) is 18.0 Å². The molecule has 1 saturated heterocycles. The van der Waals surface area contributed by atoms with Crippen LogP contribution < -0.4 is 4.90 Å². The van der Waals surface area contributed by atoms with Gasteiger partial charge in [-0.25, -0.2) is 15.0 Å². The zero-order chi connectivity index (χ0) is 18.8. The first kappa shape index (κ1) is 17.3. The molecule has 0 saturated carbocycles. The van der Waals surface area contributed by atoms with Crippen LogP contribution in [0, 0.1) is 12.8 Å². The predicted octanol–water partition coefficient (Wildman–Crippen LogP) is 2.71. The summed E-state index contributed by atoms with van der Waals surface area (Å²) in [7, 11) is 0. The molecule has 0 bridgehead atoms. The summed E-state index contributed by atoms with van der Waals surface area (Å²) in [6.45, 7) is 3.49. The number of rotatable bonds is 4. The van der Waals surface area contributed by atoms with Gasteiger partial charge in [-0.2, -0.15) is 0 Å². The van der Waals surface area contributed by atoms with Gasteiger partial charge in [-0.15, -0.1) is 0 Å². The Kier molecular flexibility index (Phi) is 4.66. The van der Waals surface area contributed by atoms with E-state index in [0.717, 1.165) is 42.8 Å². The number of aromatic nitrogens is 4. The summed E-state index contributed by atoms with van der Waals surface area (Å²) >= 11 is 0. The number of carbonyl (C=O) groups excluding carboxylic acids is 1. The predicted molar refractivity (Wildman–Crippen MR) is 102 cm³/mol. The molecular weight excluding hydrogens is 342 g/mol. The fraction of sp³-hybridized carbons (Fsp3) is 0.350. The molecule has 1 aliphatic heterocycles. The fourth-order valence-electron chi connectivity index (χ4n) is 3.55. The van der Waals surface area contributed by atoms with Gasteiger partial charge in [0, 0.05) is 19.5 Å². The maximum absolute atomic E-state index is 11.0. The molecule has 7 heteroatoms. The minimum Gasteiger partial charge on any atom is -0.504 e. The third kappa shape index (κ3) is 3.58. The Balaban J connectivity index is 1.42. The molecule has 0 aliphatic carbocycles. The van der Waals surface area contributed by atoms with E-state index in [9.17, 15) is 9.90 Å². The van der Waals surface area contributed by atoms with Crippen molar-refractivity contribution in [3.05, 3.63) is 47.7 Å². The van der Waals surface area contributed by atoms with E-state index >= 15 is 0 Å². The third-order valence-electron chi connectivity index (χ3n) is 5.09. The van der Waals surface area contributed by atoms with Crippen molar-refractivity contribution in [3.63, 3.8) is 0 Å². The lowest BCUT2D eigenvalue weighted by Gasteiger charge is -2.32. The number of carbonyl (C=O) groups is 1. The lowest BCUT2D eigenvalue weighted by atomic mass is 9.93. The molecule has 0 radical (unpaired) electrons. The van der Waals surface area contributed by atoms with Crippen molar-refractivity contribution in [3.8, 4) is 5.75 Å². The molecule has 0 unspecified atom stereocenters. The number of piperidine rings is 1. The Bertz CT molecular complexity index is 983. The number of anilines is 1. The van der Waals surface area contributed by atoms with E-state index in [4.69, 9.17) is 4.98 Å². The van der Waals surface area contributed by atoms with Crippen LogP contribution in [0.15, 0.2) is 30.5 Å². The minimum absolute atomic E-state index is 0.0707. The summed E-state index contributed by atoms with van der Waals surface area (Å²) in [4.78, 5) is 31.1. The first-order valence-electron chi connectivity index (χ1n) is 9.12. The van der Waals surface area contributed by atoms with Crippen LogP contribution in [0.2, 0.25) is 0 Å². The van der Waals surface area contributed by atoms with Crippen molar-refractivity contribution < 1.29 is 9.90 Å².